The molecule has 0 saturated heterocycles. The summed E-state index contributed by atoms with van der Waals surface area (Å²) in [6.45, 7) is 9.26. The molecule has 218 valence electrons. The number of carbonyl (C=O) groups excluding carboxylic acids is 1. The lowest BCUT2D eigenvalue weighted by atomic mass is 9.66. The molecule has 0 aliphatic heterocycles. The normalized spacial score (nSPS) is 21.1. The molecule has 2 aromatic heterocycles. The summed E-state index contributed by atoms with van der Waals surface area (Å²) in [5.41, 5.74) is 5.05. The molecule has 0 radical (unpaired) electrons. The number of carboxylic acid groups (broad SMARTS) is 1. The number of carboxylic acids is 1. The molecule has 2 heterocycles. The van der Waals surface area contributed by atoms with E-state index in [0.717, 1.165) is 42.7 Å². The van der Waals surface area contributed by atoms with Gasteiger partial charge in [0.25, 0.3) is 5.91 Å². The minimum Gasteiger partial charge on any atom is -0.507 e. The van der Waals surface area contributed by atoms with Crippen molar-refractivity contribution >= 4 is 17.6 Å². The summed E-state index contributed by atoms with van der Waals surface area (Å²) in [6.07, 6.45) is 4.85. The van der Waals surface area contributed by atoms with E-state index in [1.807, 2.05) is 6.07 Å². The average molecular weight is 567 g/mol. The summed E-state index contributed by atoms with van der Waals surface area (Å²) < 4.78 is 30.0. The number of aromatic nitrogens is 2. The first-order valence-corrected chi connectivity index (χ1v) is 13.7. The fourth-order valence-corrected chi connectivity index (χ4v) is 6.12. The van der Waals surface area contributed by atoms with Crippen molar-refractivity contribution in [1.82, 2.24) is 9.97 Å². The summed E-state index contributed by atoms with van der Waals surface area (Å²) in [6, 6.07) is 5.96. The molecule has 1 aliphatic rings. The van der Waals surface area contributed by atoms with Crippen LogP contribution in [-0.2, 0) is 10.2 Å². The Labute approximate surface area is 238 Å². The Bertz CT molecular complexity index is 1440. The maximum Gasteiger partial charge on any atom is 0.313 e. The van der Waals surface area contributed by atoms with E-state index in [-0.39, 0.29) is 23.2 Å². The molecule has 41 heavy (non-hydrogen) atoms. The predicted octanol–water partition coefficient (Wildman–Crippen LogP) is 5.85. The minimum atomic E-state index is -1.51. The number of hydrogen-bond acceptors (Lipinski definition) is 6. The number of carbonyl (C=O) groups is 2. The van der Waals surface area contributed by atoms with Crippen LogP contribution in [-0.4, -0.2) is 38.1 Å². The zero-order valence-corrected chi connectivity index (χ0v) is 23.8. The number of nitrogens with one attached hydrogen (secondary N) is 1. The minimum absolute atomic E-state index is 0.0110. The first-order valence-electron chi connectivity index (χ1n) is 13.7. The molecule has 3 aromatic rings. The number of aliphatic carboxylic acids is 1. The number of hydrogen-bond donors (Lipinski definition) is 4. The van der Waals surface area contributed by atoms with Gasteiger partial charge in [0.05, 0.1) is 22.9 Å². The number of phenols is 1. The summed E-state index contributed by atoms with van der Waals surface area (Å²) >= 11 is 0. The van der Waals surface area contributed by atoms with Crippen LogP contribution in [0.4, 0.5) is 14.5 Å². The van der Waals surface area contributed by atoms with Crippen molar-refractivity contribution in [1.29, 1.82) is 0 Å². The third kappa shape index (κ3) is 5.93. The molecule has 1 saturated carbocycles. The van der Waals surface area contributed by atoms with E-state index in [2.05, 4.69) is 36.1 Å². The van der Waals surface area contributed by atoms with Crippen LogP contribution in [0, 0.1) is 29.4 Å². The Kier molecular flexibility index (Phi) is 8.44. The van der Waals surface area contributed by atoms with Gasteiger partial charge in [0.15, 0.2) is 0 Å². The van der Waals surface area contributed by atoms with Crippen LogP contribution < -0.4 is 11.1 Å². The Morgan fingerprint density at radius 2 is 1.83 bits per heavy atom. The number of nitrogens with zero attached hydrogens (tertiary/aromatic N) is 2. The SMILES string of the molecule is CC(C)C1C(C)CC(c2ccncc2NC(=O)c2ccc(F)c(-c3c(O)cc(C(C)(C)C(=O)O)cc3F)n2)CC1N. The van der Waals surface area contributed by atoms with Gasteiger partial charge in [0.1, 0.15) is 28.8 Å². The van der Waals surface area contributed by atoms with Crippen molar-refractivity contribution in [3.05, 3.63) is 71.2 Å². The third-order valence-corrected chi connectivity index (χ3v) is 8.32. The molecule has 4 unspecified atom stereocenters. The van der Waals surface area contributed by atoms with Gasteiger partial charge in [-0.2, -0.15) is 0 Å². The molecule has 5 N–H and O–H groups in total. The highest BCUT2D eigenvalue weighted by molar-refractivity contribution is 6.03. The Hall–Kier alpha value is -3.92. The molecular weight excluding hydrogens is 530 g/mol. The van der Waals surface area contributed by atoms with Crippen molar-refractivity contribution in [3.63, 3.8) is 0 Å². The molecule has 10 heteroatoms. The number of anilines is 1. The van der Waals surface area contributed by atoms with Gasteiger partial charge in [-0.25, -0.2) is 13.8 Å². The maximum absolute atomic E-state index is 15.2. The van der Waals surface area contributed by atoms with Gasteiger partial charge in [-0.3, -0.25) is 14.6 Å². The number of halogens is 2. The van der Waals surface area contributed by atoms with Crippen LogP contribution in [0.3, 0.4) is 0 Å². The van der Waals surface area contributed by atoms with E-state index < -0.39 is 45.9 Å². The van der Waals surface area contributed by atoms with Crippen molar-refractivity contribution < 1.29 is 28.6 Å². The highest BCUT2D eigenvalue weighted by atomic mass is 19.1. The van der Waals surface area contributed by atoms with Gasteiger partial charge in [-0.15, -0.1) is 0 Å². The second kappa shape index (κ2) is 11.5. The molecule has 0 spiro atoms. The number of phenolic OH excluding ortho intramolecular Hbond substituents is 1. The topological polar surface area (TPSA) is 138 Å². The van der Waals surface area contributed by atoms with E-state index in [0.29, 0.717) is 23.4 Å². The molecular formula is C31H36F2N4O4. The molecule has 4 rings (SSSR count). The second-order valence-corrected chi connectivity index (χ2v) is 11.9. The van der Waals surface area contributed by atoms with Gasteiger partial charge in [-0.1, -0.05) is 20.8 Å². The van der Waals surface area contributed by atoms with Gasteiger partial charge >= 0.3 is 5.97 Å². The van der Waals surface area contributed by atoms with Gasteiger partial charge in [0, 0.05) is 12.2 Å². The van der Waals surface area contributed by atoms with Crippen LogP contribution in [0.15, 0.2) is 42.7 Å². The number of amides is 1. The Morgan fingerprint density at radius 1 is 1.12 bits per heavy atom. The van der Waals surface area contributed by atoms with Crippen LogP contribution >= 0.6 is 0 Å². The summed E-state index contributed by atoms with van der Waals surface area (Å²) in [4.78, 5) is 33.1. The highest BCUT2D eigenvalue weighted by Gasteiger charge is 2.37. The van der Waals surface area contributed by atoms with Gasteiger partial charge in [-0.05, 0) is 91.8 Å². The zero-order chi connectivity index (χ0) is 30.2. The van der Waals surface area contributed by atoms with E-state index >= 15 is 4.39 Å². The standard InChI is InChI=1S/C31H36F2N4O4/c1-15(2)26-16(3)10-17(11-22(26)34)19-8-9-35-14-24(19)37-29(39)23-7-6-20(32)28(36-23)27-21(33)12-18(13-25(27)38)31(4,5)30(40)41/h6-9,12-17,22,26,38H,10-11,34H2,1-5H3,(H,37,39)(H,40,41). The lowest BCUT2D eigenvalue weighted by Crippen LogP contribution is -2.43. The molecule has 1 aliphatic carbocycles. The third-order valence-electron chi connectivity index (χ3n) is 8.32. The average Bonchev–Trinajstić information content (AvgIpc) is 2.88. The molecule has 8 nitrogen and oxygen atoms in total. The Morgan fingerprint density at radius 3 is 2.44 bits per heavy atom. The quantitative estimate of drug-likeness (QED) is 0.281. The lowest BCUT2D eigenvalue weighted by Gasteiger charge is -2.41. The number of rotatable bonds is 7. The molecule has 1 amide bonds. The number of benzene rings is 1. The molecule has 0 bridgehead atoms. The highest BCUT2D eigenvalue weighted by Crippen LogP contribution is 2.43. The van der Waals surface area contributed by atoms with E-state index in [1.54, 1.807) is 6.20 Å². The second-order valence-electron chi connectivity index (χ2n) is 11.9. The van der Waals surface area contributed by atoms with Crippen molar-refractivity contribution in [2.75, 3.05) is 5.32 Å². The smallest absolute Gasteiger partial charge is 0.313 e. The molecule has 4 atom stereocenters. The van der Waals surface area contributed by atoms with E-state index in [4.69, 9.17) is 5.73 Å². The van der Waals surface area contributed by atoms with Gasteiger partial charge in [0.2, 0.25) is 0 Å². The molecule has 1 aromatic carbocycles. The van der Waals surface area contributed by atoms with Crippen LogP contribution in [0.2, 0.25) is 0 Å². The summed E-state index contributed by atoms with van der Waals surface area (Å²) in [5, 5.41) is 22.8. The van der Waals surface area contributed by atoms with Crippen molar-refractivity contribution in [2.24, 2.45) is 23.5 Å². The number of nitrogens with two attached hydrogens (primary N) is 1. The molecule has 1 fully saturated rings. The van der Waals surface area contributed by atoms with Crippen LogP contribution in [0.1, 0.15) is 75.0 Å². The Balaban J connectivity index is 1.63. The van der Waals surface area contributed by atoms with Crippen LogP contribution in [0.5, 0.6) is 5.75 Å². The number of aromatic hydroxyl groups is 1. The summed E-state index contributed by atoms with van der Waals surface area (Å²) in [5.74, 6) is -3.29. The van der Waals surface area contributed by atoms with E-state index in [9.17, 15) is 24.2 Å². The largest absolute Gasteiger partial charge is 0.507 e. The zero-order valence-electron chi connectivity index (χ0n) is 23.8. The number of pyridine rings is 2. The monoisotopic (exact) mass is 566 g/mol. The first-order chi connectivity index (χ1) is 19.2. The fourth-order valence-electron chi connectivity index (χ4n) is 6.12. The van der Waals surface area contributed by atoms with Crippen molar-refractivity contribution in [2.45, 2.75) is 64.8 Å². The predicted molar refractivity (Wildman–Crippen MR) is 152 cm³/mol. The fraction of sp³-hybridized carbons (Fsp3) is 0.419. The first kappa shape index (κ1) is 30.0. The van der Waals surface area contributed by atoms with E-state index in [1.165, 1.54) is 20.0 Å². The van der Waals surface area contributed by atoms with Gasteiger partial charge < -0.3 is 21.3 Å². The lowest BCUT2D eigenvalue weighted by molar-refractivity contribution is -0.142. The summed E-state index contributed by atoms with van der Waals surface area (Å²) in [7, 11) is 0. The maximum atomic E-state index is 15.2. The van der Waals surface area contributed by atoms with Crippen molar-refractivity contribution in [3.8, 4) is 17.0 Å². The van der Waals surface area contributed by atoms with Crippen LogP contribution in [0.25, 0.3) is 11.3 Å².